The van der Waals surface area contributed by atoms with E-state index in [1.165, 1.54) is 12.1 Å². The van der Waals surface area contributed by atoms with Crippen LogP contribution in [0.1, 0.15) is 11.4 Å². The molecule has 0 saturated carbocycles. The molecule has 0 saturated heterocycles. The first-order valence-electron chi connectivity index (χ1n) is 6.61. The number of hydrogen-bond donors (Lipinski definition) is 1. The summed E-state index contributed by atoms with van der Waals surface area (Å²) in [6.45, 7) is 0.202. The molecule has 23 heavy (non-hydrogen) atoms. The second kappa shape index (κ2) is 5.79. The maximum absolute atomic E-state index is 13.8. The van der Waals surface area contributed by atoms with Crippen molar-refractivity contribution in [2.75, 3.05) is 5.32 Å². The van der Waals surface area contributed by atoms with E-state index in [1.54, 1.807) is 24.5 Å². The number of halogens is 4. The molecule has 3 rings (SSSR count). The number of benzene rings is 1. The van der Waals surface area contributed by atoms with Crippen LogP contribution >= 0.6 is 0 Å². The number of hydrogen-bond acceptors (Lipinski definition) is 4. The number of pyridine rings is 1. The Morgan fingerprint density at radius 1 is 1.04 bits per heavy atom. The molecule has 0 aliphatic heterocycles. The summed E-state index contributed by atoms with van der Waals surface area (Å²) in [6.07, 6.45) is -1.61. The quantitative estimate of drug-likeness (QED) is 0.745. The summed E-state index contributed by atoms with van der Waals surface area (Å²) in [5.74, 6) is -2.30. The molecule has 0 radical (unpaired) electrons. The largest absolute Gasteiger partial charge is 0.451 e. The lowest BCUT2D eigenvalue weighted by atomic mass is 10.2. The van der Waals surface area contributed by atoms with E-state index in [0.717, 1.165) is 11.6 Å². The average Bonchev–Trinajstić information content (AvgIpc) is 2.53. The summed E-state index contributed by atoms with van der Waals surface area (Å²) in [5.41, 5.74) is 0.382. The molecule has 0 bridgehead atoms. The number of anilines is 1. The Morgan fingerprint density at radius 2 is 1.87 bits per heavy atom. The Kier molecular flexibility index (Phi) is 3.81. The van der Waals surface area contributed by atoms with Gasteiger partial charge in [0.2, 0.25) is 5.82 Å². The molecule has 1 N–H and O–H groups in total. The molecule has 0 fully saturated rings. The highest BCUT2D eigenvalue weighted by Gasteiger charge is 2.35. The molecular weight excluding hydrogens is 312 g/mol. The summed E-state index contributed by atoms with van der Waals surface area (Å²) < 4.78 is 52.5. The minimum atomic E-state index is -4.76. The highest BCUT2D eigenvalue weighted by Crippen LogP contribution is 2.31. The van der Waals surface area contributed by atoms with Gasteiger partial charge in [-0.25, -0.2) is 14.4 Å². The van der Waals surface area contributed by atoms with Crippen LogP contribution in [0.15, 0.2) is 42.7 Å². The van der Waals surface area contributed by atoms with Crippen LogP contribution in [0.5, 0.6) is 0 Å². The van der Waals surface area contributed by atoms with Crippen molar-refractivity contribution >= 4 is 16.7 Å². The van der Waals surface area contributed by atoms with E-state index in [1.807, 2.05) is 0 Å². The van der Waals surface area contributed by atoms with E-state index in [2.05, 4.69) is 20.3 Å². The van der Waals surface area contributed by atoms with E-state index in [4.69, 9.17) is 0 Å². The minimum Gasteiger partial charge on any atom is -0.365 e. The molecular formula is C15H10F4N4. The van der Waals surface area contributed by atoms with Gasteiger partial charge in [0.15, 0.2) is 0 Å². The maximum Gasteiger partial charge on any atom is 0.451 e. The predicted octanol–water partition coefficient (Wildman–Crippen LogP) is 3.79. The fraction of sp³-hybridized carbons (Fsp3) is 0.133. The van der Waals surface area contributed by atoms with Crippen molar-refractivity contribution in [1.82, 2.24) is 15.0 Å². The standard InChI is InChI=1S/C15H10F4N4/c16-11-5-1-4-10-12(11)22-14(15(17,18)19)23-13(10)21-8-9-3-2-6-20-7-9/h1-7H,8H2,(H,21,22,23). The second-order valence-electron chi connectivity index (χ2n) is 4.74. The summed E-state index contributed by atoms with van der Waals surface area (Å²) in [4.78, 5) is 10.7. The minimum absolute atomic E-state index is 0.0781. The first-order chi connectivity index (χ1) is 10.9. The van der Waals surface area contributed by atoms with E-state index >= 15 is 0 Å². The molecule has 0 atom stereocenters. The van der Waals surface area contributed by atoms with Crippen molar-refractivity contribution in [3.63, 3.8) is 0 Å². The van der Waals surface area contributed by atoms with Crippen molar-refractivity contribution in [2.45, 2.75) is 12.7 Å². The lowest BCUT2D eigenvalue weighted by Gasteiger charge is -2.12. The number of nitrogens with zero attached hydrogens (tertiary/aromatic N) is 3. The fourth-order valence-corrected chi connectivity index (χ4v) is 2.07. The average molecular weight is 322 g/mol. The SMILES string of the molecule is Fc1cccc2c(NCc3cccnc3)nc(C(F)(F)F)nc12. The molecule has 0 aliphatic carbocycles. The van der Waals surface area contributed by atoms with Gasteiger partial charge in [0.25, 0.3) is 0 Å². The first-order valence-corrected chi connectivity index (χ1v) is 6.61. The van der Waals surface area contributed by atoms with Gasteiger partial charge in [0.1, 0.15) is 17.2 Å². The van der Waals surface area contributed by atoms with Gasteiger partial charge >= 0.3 is 6.18 Å². The van der Waals surface area contributed by atoms with Crippen LogP contribution in [0.3, 0.4) is 0 Å². The number of fused-ring (bicyclic) bond motifs is 1. The third-order valence-corrected chi connectivity index (χ3v) is 3.11. The van der Waals surface area contributed by atoms with Crippen LogP contribution in [-0.2, 0) is 12.7 Å². The van der Waals surface area contributed by atoms with Crippen molar-refractivity contribution < 1.29 is 17.6 Å². The molecule has 1 aromatic carbocycles. The van der Waals surface area contributed by atoms with Crippen LogP contribution in [0.4, 0.5) is 23.4 Å². The highest BCUT2D eigenvalue weighted by atomic mass is 19.4. The van der Waals surface area contributed by atoms with E-state index in [-0.39, 0.29) is 23.3 Å². The summed E-state index contributed by atoms with van der Waals surface area (Å²) >= 11 is 0. The Balaban J connectivity index is 2.05. The van der Waals surface area contributed by atoms with E-state index in [0.29, 0.717) is 0 Å². The van der Waals surface area contributed by atoms with Crippen molar-refractivity contribution in [3.05, 3.63) is 59.9 Å². The molecule has 2 heterocycles. The van der Waals surface area contributed by atoms with Gasteiger partial charge in [-0.3, -0.25) is 4.98 Å². The van der Waals surface area contributed by atoms with Crippen LogP contribution < -0.4 is 5.32 Å². The highest BCUT2D eigenvalue weighted by molar-refractivity contribution is 5.89. The molecule has 118 valence electrons. The van der Waals surface area contributed by atoms with Crippen LogP contribution in [0.2, 0.25) is 0 Å². The Hall–Kier alpha value is -2.77. The monoisotopic (exact) mass is 322 g/mol. The number of alkyl halides is 3. The Bertz CT molecular complexity index is 834. The third kappa shape index (κ3) is 3.20. The lowest BCUT2D eigenvalue weighted by molar-refractivity contribution is -0.144. The zero-order valence-corrected chi connectivity index (χ0v) is 11.6. The van der Waals surface area contributed by atoms with Gasteiger partial charge in [0, 0.05) is 24.3 Å². The number of para-hydroxylation sites is 1. The van der Waals surface area contributed by atoms with Crippen molar-refractivity contribution in [1.29, 1.82) is 0 Å². The third-order valence-electron chi connectivity index (χ3n) is 3.11. The molecule has 2 aromatic heterocycles. The van der Waals surface area contributed by atoms with Gasteiger partial charge in [-0.1, -0.05) is 12.1 Å². The van der Waals surface area contributed by atoms with Gasteiger partial charge in [0.05, 0.1) is 0 Å². The van der Waals surface area contributed by atoms with Crippen molar-refractivity contribution in [3.8, 4) is 0 Å². The molecule has 0 spiro atoms. The fourth-order valence-electron chi connectivity index (χ4n) is 2.07. The summed E-state index contributed by atoms with van der Waals surface area (Å²) in [5, 5.41) is 2.97. The smallest absolute Gasteiger partial charge is 0.365 e. The van der Waals surface area contributed by atoms with Gasteiger partial charge in [-0.2, -0.15) is 13.2 Å². The molecule has 8 heteroatoms. The molecule has 0 unspecified atom stereocenters. The lowest BCUT2D eigenvalue weighted by Crippen LogP contribution is -2.14. The molecule has 4 nitrogen and oxygen atoms in total. The van der Waals surface area contributed by atoms with Gasteiger partial charge in [-0.05, 0) is 23.8 Å². The van der Waals surface area contributed by atoms with Gasteiger partial charge < -0.3 is 5.32 Å². The molecule has 3 aromatic rings. The zero-order valence-electron chi connectivity index (χ0n) is 11.6. The summed E-state index contributed by atoms with van der Waals surface area (Å²) in [6, 6.07) is 7.37. The second-order valence-corrected chi connectivity index (χ2v) is 4.74. The first kappa shape index (κ1) is 15.1. The predicted molar refractivity (Wildman–Crippen MR) is 76.1 cm³/mol. The number of rotatable bonds is 3. The van der Waals surface area contributed by atoms with E-state index < -0.39 is 17.8 Å². The molecule has 0 amide bonds. The number of nitrogens with one attached hydrogen (secondary N) is 1. The van der Waals surface area contributed by atoms with Gasteiger partial charge in [-0.15, -0.1) is 0 Å². The summed E-state index contributed by atoms with van der Waals surface area (Å²) in [7, 11) is 0. The Labute approximate surface area is 128 Å². The van der Waals surface area contributed by atoms with Crippen LogP contribution in [-0.4, -0.2) is 15.0 Å². The zero-order chi connectivity index (χ0) is 16.4. The van der Waals surface area contributed by atoms with Crippen LogP contribution in [0.25, 0.3) is 10.9 Å². The normalized spacial score (nSPS) is 11.7. The van der Waals surface area contributed by atoms with Crippen molar-refractivity contribution in [2.24, 2.45) is 0 Å². The topological polar surface area (TPSA) is 50.7 Å². The molecule has 0 aliphatic rings. The Morgan fingerprint density at radius 3 is 2.57 bits per heavy atom. The maximum atomic E-state index is 13.8. The van der Waals surface area contributed by atoms with E-state index in [9.17, 15) is 17.6 Å². The van der Waals surface area contributed by atoms with Crippen LogP contribution in [0, 0.1) is 5.82 Å². The number of aromatic nitrogens is 3.